The Kier molecular flexibility index (Phi) is 7.87. The molecule has 0 aromatic rings. The highest BCUT2D eigenvalue weighted by molar-refractivity contribution is 6.08. The largest absolute Gasteiger partial charge is 0.460 e. The van der Waals surface area contributed by atoms with Crippen LogP contribution in [0.4, 0.5) is 0 Å². The first kappa shape index (κ1) is 18.1. The molecule has 0 bridgehead atoms. The van der Waals surface area contributed by atoms with Gasteiger partial charge < -0.3 is 14.9 Å². The van der Waals surface area contributed by atoms with Crippen LogP contribution in [-0.2, 0) is 14.3 Å². The predicted octanol–water partition coefficient (Wildman–Crippen LogP) is 1.59. The van der Waals surface area contributed by atoms with Gasteiger partial charge in [0.05, 0.1) is 0 Å². The summed E-state index contributed by atoms with van der Waals surface area (Å²) < 4.78 is 5.16. The van der Waals surface area contributed by atoms with Crippen LogP contribution in [0.5, 0.6) is 0 Å². The summed E-state index contributed by atoms with van der Waals surface area (Å²) in [4.78, 5) is 23.3. The summed E-state index contributed by atoms with van der Waals surface area (Å²) in [5.41, 5.74) is -2.29. The molecule has 5 heteroatoms. The van der Waals surface area contributed by atoms with Crippen LogP contribution in [0.2, 0.25) is 0 Å². The number of rotatable bonds is 9. The van der Waals surface area contributed by atoms with Crippen molar-refractivity contribution in [1.29, 1.82) is 0 Å². The number of ketones is 1. The lowest BCUT2D eigenvalue weighted by Gasteiger charge is -2.24. The number of hydrogen-bond acceptors (Lipinski definition) is 5. The Morgan fingerprint density at radius 2 is 1.84 bits per heavy atom. The minimum Gasteiger partial charge on any atom is -0.460 e. The van der Waals surface area contributed by atoms with Crippen molar-refractivity contribution in [2.24, 2.45) is 0 Å². The van der Waals surface area contributed by atoms with Gasteiger partial charge in [0.1, 0.15) is 12.2 Å². The Morgan fingerprint density at radius 1 is 1.26 bits per heavy atom. The Bertz CT molecular complexity index is 296. The van der Waals surface area contributed by atoms with Crippen molar-refractivity contribution in [2.45, 2.75) is 77.6 Å². The van der Waals surface area contributed by atoms with Crippen molar-refractivity contribution < 1.29 is 24.5 Å². The lowest BCUT2D eigenvalue weighted by Crippen LogP contribution is -2.50. The van der Waals surface area contributed by atoms with Crippen LogP contribution in [-0.4, -0.2) is 39.8 Å². The van der Waals surface area contributed by atoms with Crippen LogP contribution >= 0.6 is 0 Å². The van der Waals surface area contributed by atoms with Crippen LogP contribution in [0.25, 0.3) is 0 Å². The zero-order valence-electron chi connectivity index (χ0n) is 12.3. The van der Waals surface area contributed by atoms with E-state index in [1.54, 1.807) is 0 Å². The molecule has 0 saturated heterocycles. The summed E-state index contributed by atoms with van der Waals surface area (Å²) in [6.45, 7) is 6.24. The fraction of sp³-hybridized carbons (Fsp3) is 0.857. The first-order valence-electron chi connectivity index (χ1n) is 6.93. The van der Waals surface area contributed by atoms with E-state index < -0.39 is 23.5 Å². The summed E-state index contributed by atoms with van der Waals surface area (Å²) >= 11 is 0. The third-order valence-electron chi connectivity index (χ3n) is 3.12. The van der Waals surface area contributed by atoms with Gasteiger partial charge in [-0.25, -0.2) is 4.79 Å². The topological polar surface area (TPSA) is 83.8 Å². The van der Waals surface area contributed by atoms with Gasteiger partial charge in [-0.2, -0.15) is 0 Å². The molecular formula is C14H26O5. The van der Waals surface area contributed by atoms with Gasteiger partial charge in [-0.15, -0.1) is 0 Å². The van der Waals surface area contributed by atoms with E-state index in [-0.39, 0.29) is 6.10 Å². The lowest BCUT2D eigenvalue weighted by atomic mass is 9.97. The van der Waals surface area contributed by atoms with Gasteiger partial charge in [-0.1, -0.05) is 26.7 Å². The van der Waals surface area contributed by atoms with E-state index in [2.05, 4.69) is 6.92 Å². The van der Waals surface area contributed by atoms with Gasteiger partial charge in [0.15, 0.2) is 0 Å². The number of aliphatic hydroxyl groups is 2. The average Bonchev–Trinajstić information content (AvgIpc) is 2.36. The fourth-order valence-electron chi connectivity index (χ4n) is 1.74. The van der Waals surface area contributed by atoms with E-state index in [1.165, 1.54) is 6.92 Å². The predicted molar refractivity (Wildman–Crippen MR) is 71.6 cm³/mol. The summed E-state index contributed by atoms with van der Waals surface area (Å²) in [7, 11) is 0. The summed E-state index contributed by atoms with van der Waals surface area (Å²) in [6, 6.07) is 0. The molecule has 5 nitrogen and oxygen atoms in total. The minimum atomic E-state index is -2.29. The Hall–Kier alpha value is -0.940. The van der Waals surface area contributed by atoms with Crippen molar-refractivity contribution in [3.63, 3.8) is 0 Å². The minimum absolute atomic E-state index is 0.299. The molecule has 19 heavy (non-hydrogen) atoms. The molecule has 0 rings (SSSR count). The number of ether oxygens (including phenoxy) is 1. The second kappa shape index (κ2) is 8.27. The van der Waals surface area contributed by atoms with Crippen molar-refractivity contribution in [2.75, 3.05) is 0 Å². The summed E-state index contributed by atoms with van der Waals surface area (Å²) in [6.07, 6.45) is 2.72. The van der Waals surface area contributed by atoms with E-state index in [4.69, 9.17) is 9.84 Å². The molecule has 0 saturated carbocycles. The van der Waals surface area contributed by atoms with Crippen LogP contribution in [0.15, 0.2) is 0 Å². The van der Waals surface area contributed by atoms with E-state index in [1.807, 2.05) is 6.92 Å². The number of hydrogen-bond donors (Lipinski definition) is 2. The zero-order chi connectivity index (χ0) is 15.1. The molecule has 0 aliphatic rings. The summed E-state index contributed by atoms with van der Waals surface area (Å²) in [5, 5.41) is 19.0. The summed E-state index contributed by atoms with van der Waals surface area (Å²) in [5.74, 6) is -1.93. The van der Waals surface area contributed by atoms with Gasteiger partial charge in [-0.3, -0.25) is 4.79 Å². The van der Waals surface area contributed by atoms with Crippen LogP contribution < -0.4 is 0 Å². The highest BCUT2D eigenvalue weighted by Gasteiger charge is 2.43. The molecule has 2 N–H and O–H groups in total. The van der Waals surface area contributed by atoms with Gasteiger partial charge in [0.25, 0.3) is 0 Å². The Labute approximate surface area is 115 Å². The third kappa shape index (κ3) is 5.70. The van der Waals surface area contributed by atoms with Gasteiger partial charge >= 0.3 is 5.97 Å². The highest BCUT2D eigenvalue weighted by atomic mass is 16.6. The number of aliphatic hydroxyl groups excluding tert-OH is 1. The third-order valence-corrected chi connectivity index (χ3v) is 3.12. The lowest BCUT2D eigenvalue weighted by molar-refractivity contribution is -0.176. The molecule has 0 aromatic carbocycles. The van der Waals surface area contributed by atoms with Crippen molar-refractivity contribution in [3.8, 4) is 0 Å². The van der Waals surface area contributed by atoms with Crippen molar-refractivity contribution in [3.05, 3.63) is 0 Å². The first-order valence-corrected chi connectivity index (χ1v) is 6.93. The zero-order valence-corrected chi connectivity index (χ0v) is 12.3. The van der Waals surface area contributed by atoms with Crippen LogP contribution in [0.1, 0.15) is 59.8 Å². The molecule has 0 aliphatic heterocycles. The Morgan fingerprint density at radius 3 is 2.26 bits per heavy atom. The number of esters is 1. The second-order valence-electron chi connectivity index (χ2n) is 5.04. The molecule has 0 heterocycles. The van der Waals surface area contributed by atoms with Gasteiger partial charge in [-0.05, 0) is 33.1 Å². The molecule has 112 valence electrons. The Balaban J connectivity index is 4.51. The van der Waals surface area contributed by atoms with E-state index in [0.717, 1.165) is 32.6 Å². The molecule has 0 fully saturated rings. The molecular weight excluding hydrogens is 248 g/mol. The number of carbonyl (C=O) groups is 2. The molecule has 0 radical (unpaired) electrons. The maximum Gasteiger partial charge on any atom is 0.346 e. The van der Waals surface area contributed by atoms with Crippen LogP contribution in [0, 0.1) is 0 Å². The maximum absolute atomic E-state index is 11.8. The van der Waals surface area contributed by atoms with E-state index in [0.29, 0.717) is 6.42 Å². The molecule has 0 spiro atoms. The number of carbonyl (C=O) groups excluding carboxylic acids is 2. The molecule has 3 unspecified atom stereocenters. The normalized spacial score (nSPS) is 17.4. The number of unbranched alkanes of at least 4 members (excludes halogenated alkanes) is 2. The monoisotopic (exact) mass is 274 g/mol. The molecule has 0 amide bonds. The van der Waals surface area contributed by atoms with E-state index in [9.17, 15) is 14.7 Å². The highest BCUT2D eigenvalue weighted by Crippen LogP contribution is 2.16. The van der Waals surface area contributed by atoms with Crippen molar-refractivity contribution in [1.82, 2.24) is 0 Å². The standard InChI is InChI=1S/C14H26O5/c1-5-7-8-9-11(6-2)19-13(17)14(4,18)12(16)10(3)15/h10-11,15,18H,5-9H2,1-4H3. The second-order valence-corrected chi connectivity index (χ2v) is 5.04. The molecule has 0 aromatic heterocycles. The molecule has 0 aliphatic carbocycles. The van der Waals surface area contributed by atoms with E-state index >= 15 is 0 Å². The quantitative estimate of drug-likeness (QED) is 0.379. The van der Waals surface area contributed by atoms with Crippen molar-refractivity contribution >= 4 is 11.8 Å². The van der Waals surface area contributed by atoms with Gasteiger partial charge in [0, 0.05) is 0 Å². The van der Waals surface area contributed by atoms with Gasteiger partial charge in [0.2, 0.25) is 11.4 Å². The first-order chi connectivity index (χ1) is 8.77. The number of Topliss-reactive ketones (excluding diaryl/α,β-unsaturated/α-hetero) is 1. The maximum atomic E-state index is 11.8. The average molecular weight is 274 g/mol. The molecule has 3 atom stereocenters. The smallest absolute Gasteiger partial charge is 0.346 e. The fourth-order valence-corrected chi connectivity index (χ4v) is 1.74. The van der Waals surface area contributed by atoms with Crippen LogP contribution in [0.3, 0.4) is 0 Å². The SMILES string of the molecule is CCCCCC(CC)OC(=O)C(C)(O)C(=O)C(C)O.